The standard InChI is InChI=1S/C34H37ClN4O2/c1-23-13-14-25(35)19-29(23)37-15-17-38(18-16-37)31(41)22-39-28-12-8-7-11-26(28)36-27-20-34(2,3)21-30(40)32(27)33(39)24-9-5-4-6-10-24/h4-14,19,33,36H,15-18,20-22H2,1-3H3. The molecule has 2 heterocycles. The SMILES string of the molecule is Cc1ccc(Cl)cc1N1CCN(C(=O)CN2c3ccccc3NC3=C(C(=O)CC(C)(C)C3)C2c2ccccc2)CC1. The van der Waals surface area contributed by atoms with Gasteiger partial charge in [-0.1, -0.05) is 74.0 Å². The summed E-state index contributed by atoms with van der Waals surface area (Å²) in [6.07, 6.45) is 1.26. The molecule has 0 aromatic heterocycles. The zero-order chi connectivity index (χ0) is 28.7. The molecule has 3 aliphatic rings. The lowest BCUT2D eigenvalue weighted by atomic mass is 9.73. The van der Waals surface area contributed by atoms with Gasteiger partial charge >= 0.3 is 0 Å². The molecule has 6 rings (SSSR count). The van der Waals surface area contributed by atoms with Gasteiger partial charge in [0.1, 0.15) is 0 Å². The van der Waals surface area contributed by atoms with E-state index in [1.54, 1.807) is 0 Å². The van der Waals surface area contributed by atoms with Crippen molar-refractivity contribution in [3.8, 4) is 0 Å². The van der Waals surface area contributed by atoms with Gasteiger partial charge in [-0.05, 0) is 54.2 Å². The summed E-state index contributed by atoms with van der Waals surface area (Å²) in [7, 11) is 0. The quantitative estimate of drug-likeness (QED) is 0.384. The molecule has 0 saturated carbocycles. The van der Waals surface area contributed by atoms with E-state index in [1.165, 1.54) is 5.56 Å². The first-order chi connectivity index (χ1) is 19.7. The molecule has 41 heavy (non-hydrogen) atoms. The van der Waals surface area contributed by atoms with Gasteiger partial charge in [-0.25, -0.2) is 0 Å². The fraction of sp³-hybridized carbons (Fsp3) is 0.353. The summed E-state index contributed by atoms with van der Waals surface area (Å²) in [5, 5.41) is 4.36. The predicted molar refractivity (Wildman–Crippen MR) is 167 cm³/mol. The number of hydrogen-bond donors (Lipinski definition) is 1. The lowest BCUT2D eigenvalue weighted by Crippen LogP contribution is -2.52. The molecule has 3 aromatic rings. The zero-order valence-electron chi connectivity index (χ0n) is 24.0. The Labute approximate surface area is 247 Å². The third-order valence-corrected chi connectivity index (χ3v) is 8.80. The second-order valence-electron chi connectivity index (χ2n) is 12.2. The van der Waals surface area contributed by atoms with Crippen LogP contribution < -0.4 is 15.1 Å². The molecule has 212 valence electrons. The van der Waals surface area contributed by atoms with Crippen molar-refractivity contribution in [3.63, 3.8) is 0 Å². The summed E-state index contributed by atoms with van der Waals surface area (Å²) in [4.78, 5) is 34.3. The van der Waals surface area contributed by atoms with E-state index in [0.29, 0.717) is 19.5 Å². The molecule has 1 unspecified atom stereocenters. The van der Waals surface area contributed by atoms with Gasteiger partial charge in [0.15, 0.2) is 5.78 Å². The van der Waals surface area contributed by atoms with Crippen molar-refractivity contribution in [1.29, 1.82) is 0 Å². The zero-order valence-corrected chi connectivity index (χ0v) is 24.7. The first kappa shape index (κ1) is 27.4. The molecule has 0 radical (unpaired) electrons. The molecule has 7 heteroatoms. The van der Waals surface area contributed by atoms with Crippen LogP contribution in [0.2, 0.25) is 5.02 Å². The number of ketones is 1. The van der Waals surface area contributed by atoms with E-state index in [1.807, 2.05) is 59.5 Å². The Balaban J connectivity index is 1.33. The number of allylic oxidation sites excluding steroid dienone is 1. The summed E-state index contributed by atoms with van der Waals surface area (Å²) in [5.74, 6) is 0.212. The highest BCUT2D eigenvalue weighted by atomic mass is 35.5. The van der Waals surface area contributed by atoms with E-state index in [4.69, 9.17) is 11.6 Å². The van der Waals surface area contributed by atoms with Crippen molar-refractivity contribution in [2.45, 2.75) is 39.7 Å². The molecule has 1 atom stereocenters. The average molecular weight is 569 g/mol. The van der Waals surface area contributed by atoms with Crippen LogP contribution in [0.5, 0.6) is 0 Å². The minimum atomic E-state index is -0.356. The van der Waals surface area contributed by atoms with Crippen LogP contribution in [0, 0.1) is 12.3 Å². The number of rotatable bonds is 4. The number of halogens is 1. The van der Waals surface area contributed by atoms with E-state index in [9.17, 15) is 9.59 Å². The van der Waals surface area contributed by atoms with Crippen LogP contribution in [-0.4, -0.2) is 49.3 Å². The van der Waals surface area contributed by atoms with Gasteiger partial charge in [-0.2, -0.15) is 0 Å². The highest BCUT2D eigenvalue weighted by molar-refractivity contribution is 6.30. The molecular formula is C34H37ClN4O2. The van der Waals surface area contributed by atoms with Crippen molar-refractivity contribution in [3.05, 3.63) is 100 Å². The fourth-order valence-electron chi connectivity index (χ4n) is 6.57. The Bertz CT molecular complexity index is 1510. The van der Waals surface area contributed by atoms with Gasteiger partial charge in [-0.3, -0.25) is 9.59 Å². The van der Waals surface area contributed by atoms with Gasteiger partial charge in [0.2, 0.25) is 5.91 Å². The largest absolute Gasteiger partial charge is 0.368 e. The summed E-state index contributed by atoms with van der Waals surface area (Å²) in [6, 6.07) is 23.9. The Hall–Kier alpha value is -3.77. The minimum absolute atomic E-state index is 0.0656. The lowest BCUT2D eigenvalue weighted by Gasteiger charge is -2.40. The number of carbonyl (C=O) groups excluding carboxylic acids is 2. The number of aryl methyl sites for hydroxylation is 1. The van der Waals surface area contributed by atoms with Gasteiger partial charge < -0.3 is 20.0 Å². The monoisotopic (exact) mass is 568 g/mol. The number of piperazine rings is 1. The van der Waals surface area contributed by atoms with Crippen LogP contribution in [0.4, 0.5) is 17.1 Å². The predicted octanol–water partition coefficient (Wildman–Crippen LogP) is 6.61. The minimum Gasteiger partial charge on any atom is -0.368 e. The number of nitrogens with one attached hydrogen (secondary N) is 1. The molecule has 2 aliphatic heterocycles. The molecule has 1 saturated heterocycles. The van der Waals surface area contributed by atoms with E-state index in [0.717, 1.165) is 58.4 Å². The number of nitrogens with zero attached hydrogens (tertiary/aromatic N) is 3. The van der Waals surface area contributed by atoms with Crippen LogP contribution in [0.15, 0.2) is 84.1 Å². The third-order valence-electron chi connectivity index (χ3n) is 8.57. The molecule has 3 aromatic carbocycles. The molecular weight excluding hydrogens is 532 g/mol. The van der Waals surface area contributed by atoms with Gasteiger partial charge in [0.25, 0.3) is 0 Å². The van der Waals surface area contributed by atoms with Crippen LogP contribution in [0.25, 0.3) is 0 Å². The van der Waals surface area contributed by atoms with Gasteiger partial charge in [0.05, 0.1) is 24.0 Å². The highest BCUT2D eigenvalue weighted by Crippen LogP contribution is 2.48. The van der Waals surface area contributed by atoms with Gasteiger partial charge in [-0.15, -0.1) is 0 Å². The molecule has 1 amide bonds. The maximum absolute atomic E-state index is 14.0. The van der Waals surface area contributed by atoms with Crippen molar-refractivity contribution in [2.75, 3.05) is 47.8 Å². The highest BCUT2D eigenvalue weighted by Gasteiger charge is 2.42. The second-order valence-corrected chi connectivity index (χ2v) is 12.7. The average Bonchev–Trinajstić information content (AvgIpc) is 3.08. The van der Waals surface area contributed by atoms with Crippen LogP contribution in [-0.2, 0) is 9.59 Å². The van der Waals surface area contributed by atoms with E-state index < -0.39 is 0 Å². The van der Waals surface area contributed by atoms with E-state index >= 15 is 0 Å². The summed E-state index contributed by atoms with van der Waals surface area (Å²) >= 11 is 6.29. The summed E-state index contributed by atoms with van der Waals surface area (Å²) < 4.78 is 0. The number of hydrogen-bond acceptors (Lipinski definition) is 5. The molecule has 1 fully saturated rings. The summed E-state index contributed by atoms with van der Waals surface area (Å²) in [6.45, 7) is 9.33. The number of Topliss-reactive ketones (excluding diaryl/α,β-unsaturated/α-hetero) is 1. The molecule has 6 nitrogen and oxygen atoms in total. The number of amides is 1. The van der Waals surface area contributed by atoms with Gasteiger partial charge in [0, 0.05) is 54.6 Å². The molecule has 1 N–H and O–H groups in total. The Morgan fingerprint density at radius 1 is 0.927 bits per heavy atom. The Kier molecular flexibility index (Phi) is 7.28. The molecule has 0 bridgehead atoms. The second kappa shape index (κ2) is 10.9. The van der Waals surface area contributed by atoms with E-state index in [2.05, 4.69) is 54.1 Å². The number of para-hydroxylation sites is 2. The molecule has 1 aliphatic carbocycles. The maximum atomic E-state index is 14.0. The first-order valence-corrected chi connectivity index (χ1v) is 14.8. The number of anilines is 3. The third kappa shape index (κ3) is 5.45. The summed E-state index contributed by atoms with van der Waals surface area (Å²) in [5.41, 5.74) is 6.79. The van der Waals surface area contributed by atoms with Crippen LogP contribution in [0.3, 0.4) is 0 Å². The Morgan fingerprint density at radius 2 is 1.63 bits per heavy atom. The topological polar surface area (TPSA) is 55.9 Å². The van der Waals surface area contributed by atoms with Crippen LogP contribution >= 0.6 is 11.6 Å². The number of benzene rings is 3. The van der Waals surface area contributed by atoms with Crippen molar-refractivity contribution >= 4 is 40.4 Å². The Morgan fingerprint density at radius 3 is 2.39 bits per heavy atom. The van der Waals surface area contributed by atoms with Crippen molar-refractivity contribution in [1.82, 2.24) is 4.90 Å². The number of fused-ring (bicyclic) bond motifs is 1. The first-order valence-electron chi connectivity index (χ1n) is 14.4. The maximum Gasteiger partial charge on any atom is 0.242 e. The van der Waals surface area contributed by atoms with Crippen LogP contribution in [0.1, 0.15) is 43.9 Å². The molecule has 0 spiro atoms. The van der Waals surface area contributed by atoms with Crippen molar-refractivity contribution in [2.24, 2.45) is 5.41 Å². The smallest absolute Gasteiger partial charge is 0.242 e. The normalized spacial score (nSPS) is 20.2. The van der Waals surface area contributed by atoms with Crippen molar-refractivity contribution < 1.29 is 9.59 Å². The fourth-order valence-corrected chi connectivity index (χ4v) is 6.74. The van der Waals surface area contributed by atoms with E-state index in [-0.39, 0.29) is 29.7 Å². The lowest BCUT2D eigenvalue weighted by molar-refractivity contribution is -0.130. The number of carbonyl (C=O) groups is 2.